The summed E-state index contributed by atoms with van der Waals surface area (Å²) in [6, 6.07) is 3.88. The van der Waals surface area contributed by atoms with Gasteiger partial charge >= 0.3 is 5.69 Å². The zero-order chi connectivity index (χ0) is 9.54. The van der Waals surface area contributed by atoms with Crippen LogP contribution in [-0.4, -0.2) is 16.6 Å². The normalized spacial score (nSPS) is 13.4. The van der Waals surface area contributed by atoms with Gasteiger partial charge in [0.05, 0.1) is 23.6 Å². The highest BCUT2D eigenvalue weighted by molar-refractivity contribution is 5.90. The second kappa shape index (κ2) is 2.47. The zero-order valence-electron chi connectivity index (χ0n) is 7.29. The largest absolute Gasteiger partial charge is 0.366 e. The molecule has 1 aliphatic heterocycles. The van der Waals surface area contributed by atoms with Crippen molar-refractivity contribution in [3.63, 3.8) is 0 Å². The summed E-state index contributed by atoms with van der Waals surface area (Å²) in [7, 11) is 0. The lowest BCUT2D eigenvalue weighted by Gasteiger charge is -2.01. The Hall–Kier alpha value is -2.04. The molecule has 70 valence electrons. The summed E-state index contributed by atoms with van der Waals surface area (Å²) in [6.45, 7) is 0.726. The molecule has 3 N–H and O–H groups in total. The molecular formula is C9H8N4O. The molecule has 0 saturated carbocycles. The number of nitrogens with one attached hydrogen (secondary N) is 3. The third-order valence-electron chi connectivity index (χ3n) is 2.31. The molecule has 1 aliphatic rings. The minimum Gasteiger partial charge on any atom is -0.366 e. The van der Waals surface area contributed by atoms with Crippen LogP contribution in [0.2, 0.25) is 0 Å². The van der Waals surface area contributed by atoms with E-state index in [1.165, 1.54) is 0 Å². The van der Waals surface area contributed by atoms with Gasteiger partial charge in [-0.1, -0.05) is 0 Å². The number of hydrogen-bond acceptors (Lipinski definition) is 4. The van der Waals surface area contributed by atoms with Crippen molar-refractivity contribution < 1.29 is 0 Å². The van der Waals surface area contributed by atoms with E-state index in [-0.39, 0.29) is 5.69 Å². The molecule has 0 amide bonds. The maximum Gasteiger partial charge on any atom is 0.345 e. The number of anilines is 2. The fourth-order valence-corrected chi connectivity index (χ4v) is 1.63. The van der Waals surface area contributed by atoms with Crippen LogP contribution in [0.5, 0.6) is 0 Å². The Labute approximate surface area is 79.2 Å². The van der Waals surface area contributed by atoms with E-state index >= 15 is 0 Å². The average Bonchev–Trinajstić information content (AvgIpc) is 2.61. The Morgan fingerprint density at radius 1 is 1.21 bits per heavy atom. The Bertz CT molecular complexity index is 560. The van der Waals surface area contributed by atoms with Gasteiger partial charge in [0.15, 0.2) is 0 Å². The van der Waals surface area contributed by atoms with Gasteiger partial charge in [0.2, 0.25) is 0 Å². The van der Waals surface area contributed by atoms with E-state index in [0.717, 1.165) is 28.9 Å². The minimum absolute atomic E-state index is 0.316. The fourth-order valence-electron chi connectivity index (χ4n) is 1.63. The zero-order valence-corrected chi connectivity index (χ0v) is 7.29. The summed E-state index contributed by atoms with van der Waals surface area (Å²) < 4.78 is 0. The standard InChI is InChI=1S/C9H8N4O/c14-9-10-3-5-1-7-8(12-4-11-7)2-6(5)13-9/h1-3,11-12H,4H2,(H,10,13,14). The maximum atomic E-state index is 11.0. The molecule has 0 atom stereocenters. The van der Waals surface area contributed by atoms with Crippen molar-refractivity contribution in [2.75, 3.05) is 17.3 Å². The molecule has 1 aromatic heterocycles. The van der Waals surface area contributed by atoms with Crippen molar-refractivity contribution in [2.24, 2.45) is 0 Å². The first-order valence-corrected chi connectivity index (χ1v) is 4.34. The lowest BCUT2D eigenvalue weighted by atomic mass is 10.2. The van der Waals surface area contributed by atoms with Crippen LogP contribution in [0.4, 0.5) is 11.4 Å². The van der Waals surface area contributed by atoms with Crippen molar-refractivity contribution in [3.05, 3.63) is 28.8 Å². The summed E-state index contributed by atoms with van der Waals surface area (Å²) in [5, 5.41) is 7.26. The van der Waals surface area contributed by atoms with E-state index in [0.29, 0.717) is 0 Å². The van der Waals surface area contributed by atoms with E-state index in [4.69, 9.17) is 0 Å². The van der Waals surface area contributed by atoms with E-state index in [1.54, 1.807) is 6.20 Å². The molecule has 5 heteroatoms. The molecule has 0 radical (unpaired) electrons. The monoisotopic (exact) mass is 188 g/mol. The minimum atomic E-state index is -0.316. The number of benzene rings is 1. The molecule has 14 heavy (non-hydrogen) atoms. The van der Waals surface area contributed by atoms with E-state index in [9.17, 15) is 4.79 Å². The Morgan fingerprint density at radius 2 is 2.00 bits per heavy atom. The Morgan fingerprint density at radius 3 is 2.86 bits per heavy atom. The van der Waals surface area contributed by atoms with Crippen molar-refractivity contribution >= 4 is 22.3 Å². The summed E-state index contributed by atoms with van der Waals surface area (Å²) in [6.07, 6.45) is 1.58. The maximum absolute atomic E-state index is 11.0. The summed E-state index contributed by atoms with van der Waals surface area (Å²) >= 11 is 0. The first-order valence-electron chi connectivity index (χ1n) is 4.34. The molecule has 2 aromatic rings. The van der Waals surface area contributed by atoms with Gasteiger partial charge in [0.25, 0.3) is 0 Å². The highest BCUT2D eigenvalue weighted by Crippen LogP contribution is 2.29. The van der Waals surface area contributed by atoms with Crippen LogP contribution in [0.3, 0.4) is 0 Å². The van der Waals surface area contributed by atoms with Gasteiger partial charge in [-0.15, -0.1) is 0 Å². The van der Waals surface area contributed by atoms with Gasteiger partial charge in [-0.25, -0.2) is 9.78 Å². The number of nitrogens with zero attached hydrogens (tertiary/aromatic N) is 1. The van der Waals surface area contributed by atoms with Gasteiger partial charge in [-0.2, -0.15) is 0 Å². The number of aromatic nitrogens is 2. The van der Waals surface area contributed by atoms with Gasteiger partial charge < -0.3 is 15.6 Å². The first-order chi connectivity index (χ1) is 6.83. The van der Waals surface area contributed by atoms with Gasteiger partial charge in [-0.05, 0) is 12.1 Å². The highest BCUT2D eigenvalue weighted by atomic mass is 16.1. The lowest BCUT2D eigenvalue weighted by Crippen LogP contribution is -2.08. The van der Waals surface area contributed by atoms with E-state index in [1.807, 2.05) is 12.1 Å². The van der Waals surface area contributed by atoms with Gasteiger partial charge in [0, 0.05) is 11.6 Å². The topological polar surface area (TPSA) is 69.8 Å². The van der Waals surface area contributed by atoms with Crippen LogP contribution in [0.1, 0.15) is 0 Å². The SMILES string of the molecule is O=c1ncc2cc3c(cc2[nH]1)NCN3. The van der Waals surface area contributed by atoms with Crippen LogP contribution in [0.15, 0.2) is 23.1 Å². The second-order valence-corrected chi connectivity index (χ2v) is 3.20. The van der Waals surface area contributed by atoms with Crippen molar-refractivity contribution in [1.82, 2.24) is 9.97 Å². The molecule has 2 heterocycles. The number of rotatable bonds is 0. The average molecular weight is 188 g/mol. The highest BCUT2D eigenvalue weighted by Gasteiger charge is 2.09. The van der Waals surface area contributed by atoms with Crippen LogP contribution < -0.4 is 16.3 Å². The van der Waals surface area contributed by atoms with Crippen molar-refractivity contribution in [1.29, 1.82) is 0 Å². The molecule has 0 aliphatic carbocycles. The molecule has 0 unspecified atom stereocenters. The quantitative estimate of drug-likeness (QED) is 0.569. The van der Waals surface area contributed by atoms with E-state index in [2.05, 4.69) is 20.6 Å². The van der Waals surface area contributed by atoms with E-state index < -0.39 is 0 Å². The van der Waals surface area contributed by atoms with Crippen molar-refractivity contribution in [3.8, 4) is 0 Å². The Kier molecular flexibility index (Phi) is 1.30. The Balaban J connectivity index is 2.39. The van der Waals surface area contributed by atoms with Gasteiger partial charge in [-0.3, -0.25) is 0 Å². The smallest absolute Gasteiger partial charge is 0.345 e. The number of fused-ring (bicyclic) bond motifs is 2. The molecule has 5 nitrogen and oxygen atoms in total. The van der Waals surface area contributed by atoms with Gasteiger partial charge in [0.1, 0.15) is 0 Å². The van der Waals surface area contributed by atoms with Crippen LogP contribution in [0, 0.1) is 0 Å². The predicted octanol–water partition coefficient (Wildman–Crippen LogP) is 0.718. The van der Waals surface area contributed by atoms with Crippen LogP contribution in [0.25, 0.3) is 10.9 Å². The number of H-pyrrole nitrogens is 1. The molecule has 3 rings (SSSR count). The predicted molar refractivity (Wildman–Crippen MR) is 54.5 cm³/mol. The van der Waals surface area contributed by atoms with Crippen LogP contribution >= 0.6 is 0 Å². The third kappa shape index (κ3) is 0.953. The lowest BCUT2D eigenvalue weighted by molar-refractivity contribution is 1.12. The summed E-state index contributed by atoms with van der Waals surface area (Å²) in [5.74, 6) is 0. The van der Waals surface area contributed by atoms with Crippen LogP contribution in [-0.2, 0) is 0 Å². The number of aromatic amines is 1. The first kappa shape index (κ1) is 7.37. The molecule has 0 saturated heterocycles. The van der Waals surface area contributed by atoms with Crippen molar-refractivity contribution in [2.45, 2.75) is 0 Å². The second-order valence-electron chi connectivity index (χ2n) is 3.20. The summed E-state index contributed by atoms with van der Waals surface area (Å²) in [5.41, 5.74) is 2.55. The fraction of sp³-hybridized carbons (Fsp3) is 0.111. The third-order valence-corrected chi connectivity index (χ3v) is 2.31. The molecular weight excluding hydrogens is 180 g/mol. The molecule has 0 bridgehead atoms. The molecule has 1 aromatic carbocycles. The summed E-state index contributed by atoms with van der Waals surface area (Å²) in [4.78, 5) is 17.3. The number of hydrogen-bond donors (Lipinski definition) is 3. The molecule has 0 fully saturated rings. The molecule has 0 spiro atoms.